The molecule has 1 aliphatic rings. The maximum Gasteiger partial charge on any atom is 0.0439 e. The fraction of sp³-hybridized carbons (Fsp3) is 0.444. The summed E-state index contributed by atoms with van der Waals surface area (Å²) in [6, 6.07) is 0. The summed E-state index contributed by atoms with van der Waals surface area (Å²) in [4.78, 5) is 4.37. The van der Waals surface area contributed by atoms with E-state index in [9.17, 15) is 0 Å². The molecule has 0 saturated carbocycles. The van der Waals surface area contributed by atoms with E-state index in [4.69, 9.17) is 0 Å². The Morgan fingerprint density at radius 3 is 3.09 bits per heavy atom. The average molecular weight is 212 g/mol. The summed E-state index contributed by atoms with van der Waals surface area (Å²) in [7, 11) is 0. The van der Waals surface area contributed by atoms with Crippen molar-refractivity contribution in [2.24, 2.45) is 0 Å². The van der Waals surface area contributed by atoms with Gasteiger partial charge in [-0.2, -0.15) is 0 Å². The van der Waals surface area contributed by atoms with Crippen molar-refractivity contribution < 1.29 is 0 Å². The van der Waals surface area contributed by atoms with Crippen molar-refractivity contribution >= 4 is 15.9 Å². The fourth-order valence-electron chi connectivity index (χ4n) is 1.65. The number of fused-ring (bicyclic) bond motifs is 1. The Labute approximate surface area is 75.0 Å². The molecular weight excluding hydrogens is 202 g/mol. The number of halogens is 1. The van der Waals surface area contributed by atoms with Crippen LogP contribution < -0.4 is 0 Å². The van der Waals surface area contributed by atoms with Gasteiger partial charge in [0, 0.05) is 16.4 Å². The maximum absolute atomic E-state index is 4.37. The summed E-state index contributed by atoms with van der Waals surface area (Å²) in [6.07, 6.45) is 5.58. The molecule has 0 N–H and O–H groups in total. The molecule has 0 fully saturated rings. The SMILES string of the molecule is Cc1c(Br)cnc2c1CCC2. The Morgan fingerprint density at radius 1 is 1.45 bits per heavy atom. The average Bonchev–Trinajstić information content (AvgIpc) is 2.45. The van der Waals surface area contributed by atoms with E-state index in [1.54, 1.807) is 0 Å². The molecule has 2 rings (SSSR count). The van der Waals surface area contributed by atoms with Gasteiger partial charge >= 0.3 is 0 Å². The van der Waals surface area contributed by atoms with Crippen molar-refractivity contribution in [1.29, 1.82) is 0 Å². The molecule has 0 saturated heterocycles. The van der Waals surface area contributed by atoms with Gasteiger partial charge in [0.25, 0.3) is 0 Å². The molecule has 58 valence electrons. The van der Waals surface area contributed by atoms with Crippen molar-refractivity contribution in [2.45, 2.75) is 26.2 Å². The molecule has 0 spiro atoms. The quantitative estimate of drug-likeness (QED) is 0.644. The van der Waals surface area contributed by atoms with Crippen molar-refractivity contribution in [2.75, 3.05) is 0 Å². The molecule has 1 aromatic rings. The van der Waals surface area contributed by atoms with Crippen LogP contribution in [0.3, 0.4) is 0 Å². The summed E-state index contributed by atoms with van der Waals surface area (Å²) >= 11 is 3.49. The molecule has 1 nitrogen and oxygen atoms in total. The molecule has 2 heteroatoms. The van der Waals surface area contributed by atoms with E-state index in [-0.39, 0.29) is 0 Å². The molecule has 0 atom stereocenters. The second-order valence-corrected chi connectivity index (χ2v) is 3.86. The zero-order valence-corrected chi connectivity index (χ0v) is 8.11. The lowest BCUT2D eigenvalue weighted by atomic mass is 10.1. The molecule has 0 bridgehead atoms. The van der Waals surface area contributed by atoms with E-state index in [1.807, 2.05) is 6.20 Å². The smallest absolute Gasteiger partial charge is 0.0439 e. The number of pyridine rings is 1. The fourth-order valence-corrected chi connectivity index (χ4v) is 1.99. The summed E-state index contributed by atoms with van der Waals surface area (Å²) in [6.45, 7) is 2.16. The van der Waals surface area contributed by atoms with Crippen LogP contribution in [0.1, 0.15) is 23.2 Å². The third-order valence-corrected chi connectivity index (χ3v) is 3.13. The van der Waals surface area contributed by atoms with Crippen molar-refractivity contribution in [3.63, 3.8) is 0 Å². The van der Waals surface area contributed by atoms with Gasteiger partial charge in [-0.05, 0) is 53.2 Å². The van der Waals surface area contributed by atoms with Gasteiger partial charge in [-0.15, -0.1) is 0 Å². The summed E-state index contributed by atoms with van der Waals surface area (Å²) in [5.41, 5.74) is 4.16. The van der Waals surface area contributed by atoms with E-state index in [0.29, 0.717) is 0 Å². The van der Waals surface area contributed by atoms with Gasteiger partial charge in [-0.3, -0.25) is 4.98 Å². The van der Waals surface area contributed by atoms with Gasteiger partial charge in [0.05, 0.1) is 0 Å². The van der Waals surface area contributed by atoms with Crippen LogP contribution in [0.4, 0.5) is 0 Å². The number of aromatic nitrogens is 1. The van der Waals surface area contributed by atoms with E-state index in [2.05, 4.69) is 27.8 Å². The lowest BCUT2D eigenvalue weighted by molar-refractivity contribution is 0.898. The van der Waals surface area contributed by atoms with Crippen LogP contribution in [-0.2, 0) is 12.8 Å². The zero-order valence-electron chi connectivity index (χ0n) is 6.52. The third-order valence-electron chi connectivity index (χ3n) is 2.33. The second-order valence-electron chi connectivity index (χ2n) is 3.01. The van der Waals surface area contributed by atoms with Crippen molar-refractivity contribution in [3.05, 3.63) is 27.5 Å². The molecule has 1 aromatic heterocycles. The van der Waals surface area contributed by atoms with Gasteiger partial charge in [-0.1, -0.05) is 0 Å². The molecule has 0 amide bonds. The number of hydrogen-bond acceptors (Lipinski definition) is 1. The van der Waals surface area contributed by atoms with E-state index >= 15 is 0 Å². The third kappa shape index (κ3) is 1.09. The highest BCUT2D eigenvalue weighted by Crippen LogP contribution is 2.27. The Balaban J connectivity index is 2.62. The topological polar surface area (TPSA) is 12.9 Å². The van der Waals surface area contributed by atoms with Gasteiger partial charge < -0.3 is 0 Å². The summed E-state index contributed by atoms with van der Waals surface area (Å²) in [5.74, 6) is 0. The van der Waals surface area contributed by atoms with Gasteiger partial charge in [0.2, 0.25) is 0 Å². The van der Waals surface area contributed by atoms with Crippen molar-refractivity contribution in [1.82, 2.24) is 4.98 Å². The first-order valence-electron chi connectivity index (χ1n) is 3.92. The lowest BCUT2D eigenvalue weighted by Gasteiger charge is -2.03. The molecular formula is C9H10BrN. The van der Waals surface area contributed by atoms with Crippen LogP contribution in [0.15, 0.2) is 10.7 Å². The molecule has 0 aliphatic heterocycles. The number of rotatable bonds is 0. The zero-order chi connectivity index (χ0) is 7.84. The number of nitrogens with zero attached hydrogens (tertiary/aromatic N) is 1. The molecule has 1 aliphatic carbocycles. The van der Waals surface area contributed by atoms with Crippen LogP contribution in [0.5, 0.6) is 0 Å². The molecule has 0 radical (unpaired) electrons. The lowest BCUT2D eigenvalue weighted by Crippen LogP contribution is -1.91. The minimum atomic E-state index is 1.15. The first-order chi connectivity index (χ1) is 5.29. The minimum absolute atomic E-state index is 1.15. The molecule has 1 heterocycles. The maximum atomic E-state index is 4.37. The molecule has 0 unspecified atom stereocenters. The highest BCUT2D eigenvalue weighted by Gasteiger charge is 2.15. The Bertz CT molecular complexity index is 294. The number of hydrogen-bond donors (Lipinski definition) is 0. The Kier molecular flexibility index (Phi) is 1.72. The Hall–Kier alpha value is -0.370. The largest absolute Gasteiger partial charge is 0.260 e. The van der Waals surface area contributed by atoms with E-state index in [1.165, 1.54) is 36.1 Å². The molecule has 0 aromatic carbocycles. The van der Waals surface area contributed by atoms with E-state index < -0.39 is 0 Å². The minimum Gasteiger partial charge on any atom is -0.260 e. The van der Waals surface area contributed by atoms with Gasteiger partial charge in [0.1, 0.15) is 0 Å². The van der Waals surface area contributed by atoms with Crippen LogP contribution in [0, 0.1) is 6.92 Å². The second kappa shape index (κ2) is 2.59. The van der Waals surface area contributed by atoms with Crippen LogP contribution in [0.25, 0.3) is 0 Å². The predicted octanol–water partition coefficient (Wildman–Crippen LogP) is 2.64. The number of aryl methyl sites for hydroxylation is 1. The highest BCUT2D eigenvalue weighted by molar-refractivity contribution is 9.10. The highest BCUT2D eigenvalue weighted by atomic mass is 79.9. The first kappa shape index (κ1) is 7.29. The van der Waals surface area contributed by atoms with Gasteiger partial charge in [0.15, 0.2) is 0 Å². The summed E-state index contributed by atoms with van der Waals surface area (Å²) in [5, 5.41) is 0. The predicted molar refractivity (Wildman–Crippen MR) is 48.7 cm³/mol. The van der Waals surface area contributed by atoms with Crippen LogP contribution in [0.2, 0.25) is 0 Å². The van der Waals surface area contributed by atoms with E-state index in [0.717, 1.165) is 4.47 Å². The summed E-state index contributed by atoms with van der Waals surface area (Å²) < 4.78 is 1.15. The Morgan fingerprint density at radius 2 is 2.27 bits per heavy atom. The standard InChI is InChI=1S/C9H10BrN/c1-6-7-3-2-4-9(7)11-5-8(6)10/h5H,2-4H2,1H3. The normalized spacial score (nSPS) is 15.1. The van der Waals surface area contributed by atoms with Crippen LogP contribution in [-0.4, -0.2) is 4.98 Å². The monoisotopic (exact) mass is 211 g/mol. The van der Waals surface area contributed by atoms with Crippen LogP contribution >= 0.6 is 15.9 Å². The van der Waals surface area contributed by atoms with Crippen molar-refractivity contribution in [3.8, 4) is 0 Å². The first-order valence-corrected chi connectivity index (χ1v) is 4.71. The van der Waals surface area contributed by atoms with Gasteiger partial charge in [-0.25, -0.2) is 0 Å². The molecule has 11 heavy (non-hydrogen) atoms.